The molecule has 0 saturated carbocycles. The molecule has 6 nitrogen and oxygen atoms in total. The van der Waals surface area contributed by atoms with Crippen LogP contribution in [0.3, 0.4) is 0 Å². The maximum absolute atomic E-state index is 13.5. The highest BCUT2D eigenvalue weighted by Gasteiger charge is 2.35. The second-order valence-corrected chi connectivity index (χ2v) is 9.74. The minimum Gasteiger partial charge on any atom is -0.490 e. The summed E-state index contributed by atoms with van der Waals surface area (Å²) in [5.41, 5.74) is 1.19. The summed E-state index contributed by atoms with van der Waals surface area (Å²) in [6.45, 7) is 2.24. The van der Waals surface area contributed by atoms with E-state index in [9.17, 15) is 14.0 Å². The summed E-state index contributed by atoms with van der Waals surface area (Å²) >= 11 is 21.1. The zero-order chi connectivity index (χ0) is 26.7. The standard InChI is InChI=1S/C26H18BrCl2FN2O4S/c1-2-35-21-12-15(11-18(27)23(21)36-13-14-5-3-6-16(30)9-14)10-17-24(33)31-26(37)32(25(17)34)20-8-4-7-19(28)22(20)29/h3-12H,2,13H2,1H3,(H,31,33,37)/b17-10+. The summed E-state index contributed by atoms with van der Waals surface area (Å²) in [4.78, 5) is 27.2. The summed E-state index contributed by atoms with van der Waals surface area (Å²) in [5, 5.41) is 2.75. The summed E-state index contributed by atoms with van der Waals surface area (Å²) in [6, 6.07) is 14.1. The molecule has 2 amide bonds. The molecule has 1 aliphatic rings. The van der Waals surface area contributed by atoms with Gasteiger partial charge in [0.1, 0.15) is 18.0 Å². The van der Waals surface area contributed by atoms with Gasteiger partial charge in [0, 0.05) is 0 Å². The Hall–Kier alpha value is -2.98. The smallest absolute Gasteiger partial charge is 0.270 e. The zero-order valence-electron chi connectivity index (χ0n) is 19.2. The molecular formula is C26H18BrCl2FN2O4S. The Morgan fingerprint density at radius 2 is 1.86 bits per heavy atom. The van der Waals surface area contributed by atoms with Crippen molar-refractivity contribution >= 4 is 80.0 Å². The third kappa shape index (κ3) is 5.96. The molecule has 0 bridgehead atoms. The lowest BCUT2D eigenvalue weighted by atomic mass is 10.1. The lowest BCUT2D eigenvalue weighted by Crippen LogP contribution is -2.54. The molecule has 0 radical (unpaired) electrons. The number of ether oxygens (including phenoxy) is 2. The third-order valence-electron chi connectivity index (χ3n) is 5.19. The first-order valence-corrected chi connectivity index (χ1v) is 12.8. The molecule has 1 N–H and O–H groups in total. The van der Waals surface area contributed by atoms with E-state index in [2.05, 4.69) is 21.2 Å². The maximum Gasteiger partial charge on any atom is 0.270 e. The fraction of sp³-hybridized carbons (Fsp3) is 0.115. The lowest BCUT2D eigenvalue weighted by Gasteiger charge is -2.29. The molecule has 1 aliphatic heterocycles. The van der Waals surface area contributed by atoms with E-state index in [0.29, 0.717) is 33.7 Å². The molecule has 190 valence electrons. The van der Waals surface area contributed by atoms with Crippen molar-refractivity contribution in [3.05, 3.63) is 91.6 Å². The Morgan fingerprint density at radius 3 is 2.59 bits per heavy atom. The molecule has 1 heterocycles. The highest BCUT2D eigenvalue weighted by atomic mass is 79.9. The van der Waals surface area contributed by atoms with Crippen LogP contribution in [0.1, 0.15) is 18.1 Å². The van der Waals surface area contributed by atoms with Crippen molar-refractivity contribution in [3.63, 3.8) is 0 Å². The van der Waals surface area contributed by atoms with Crippen LogP contribution in [-0.2, 0) is 16.2 Å². The summed E-state index contributed by atoms with van der Waals surface area (Å²) in [5.74, 6) is -0.936. The van der Waals surface area contributed by atoms with E-state index in [4.69, 9.17) is 44.9 Å². The van der Waals surface area contributed by atoms with Gasteiger partial charge in [-0.25, -0.2) is 4.39 Å². The predicted molar refractivity (Wildman–Crippen MR) is 149 cm³/mol. The minimum atomic E-state index is -0.668. The van der Waals surface area contributed by atoms with Crippen LogP contribution in [-0.4, -0.2) is 23.5 Å². The van der Waals surface area contributed by atoms with Gasteiger partial charge in [0.25, 0.3) is 11.8 Å². The van der Waals surface area contributed by atoms with Gasteiger partial charge < -0.3 is 9.47 Å². The van der Waals surface area contributed by atoms with Gasteiger partial charge >= 0.3 is 0 Å². The van der Waals surface area contributed by atoms with Crippen molar-refractivity contribution in [2.24, 2.45) is 0 Å². The van der Waals surface area contributed by atoms with Gasteiger partial charge in [-0.05, 0) is 88.7 Å². The number of halogens is 4. The van der Waals surface area contributed by atoms with Gasteiger partial charge in [0.2, 0.25) is 0 Å². The molecule has 37 heavy (non-hydrogen) atoms. The fourth-order valence-corrected chi connectivity index (χ4v) is 4.79. The van der Waals surface area contributed by atoms with Crippen LogP contribution in [0.25, 0.3) is 6.08 Å². The van der Waals surface area contributed by atoms with Crippen molar-refractivity contribution in [2.45, 2.75) is 13.5 Å². The van der Waals surface area contributed by atoms with E-state index in [1.807, 2.05) is 0 Å². The Bertz CT molecular complexity index is 1450. The van der Waals surface area contributed by atoms with Gasteiger partial charge in [0.15, 0.2) is 16.6 Å². The second kappa shape index (κ2) is 11.6. The van der Waals surface area contributed by atoms with Crippen LogP contribution in [0.5, 0.6) is 11.5 Å². The van der Waals surface area contributed by atoms with E-state index < -0.39 is 11.8 Å². The van der Waals surface area contributed by atoms with E-state index in [1.165, 1.54) is 18.2 Å². The summed E-state index contributed by atoms with van der Waals surface area (Å²) < 4.78 is 25.7. The Balaban J connectivity index is 1.68. The maximum atomic E-state index is 13.5. The van der Waals surface area contributed by atoms with E-state index in [-0.39, 0.29) is 38.8 Å². The monoisotopic (exact) mass is 622 g/mol. The molecule has 0 unspecified atom stereocenters. The van der Waals surface area contributed by atoms with Crippen LogP contribution in [0.15, 0.2) is 64.6 Å². The number of carbonyl (C=O) groups excluding carboxylic acids is 2. The number of thiocarbonyl (C=S) groups is 1. The molecular weight excluding hydrogens is 606 g/mol. The van der Waals surface area contributed by atoms with Crippen LogP contribution in [0, 0.1) is 5.82 Å². The van der Waals surface area contributed by atoms with Gasteiger partial charge in [-0.1, -0.05) is 41.4 Å². The normalized spacial score (nSPS) is 14.7. The number of nitrogens with zero attached hydrogens (tertiary/aromatic N) is 1. The number of anilines is 1. The molecule has 3 aromatic carbocycles. The van der Waals surface area contributed by atoms with E-state index in [0.717, 1.165) is 4.90 Å². The van der Waals surface area contributed by atoms with Crippen LogP contribution in [0.2, 0.25) is 10.0 Å². The molecule has 0 spiro atoms. The van der Waals surface area contributed by atoms with Crippen LogP contribution < -0.4 is 19.7 Å². The molecule has 11 heteroatoms. The predicted octanol–water partition coefficient (Wildman–Crippen LogP) is 6.70. The van der Waals surface area contributed by atoms with Crippen LogP contribution >= 0.6 is 51.3 Å². The van der Waals surface area contributed by atoms with Crippen molar-refractivity contribution in [3.8, 4) is 11.5 Å². The quantitative estimate of drug-likeness (QED) is 0.180. The van der Waals surface area contributed by atoms with E-state index in [1.54, 1.807) is 49.4 Å². The number of benzene rings is 3. The van der Waals surface area contributed by atoms with Crippen molar-refractivity contribution in [1.82, 2.24) is 5.32 Å². The number of carbonyl (C=O) groups is 2. The van der Waals surface area contributed by atoms with Gasteiger partial charge in [-0.3, -0.25) is 19.8 Å². The molecule has 0 atom stereocenters. The minimum absolute atomic E-state index is 0.102. The molecule has 0 aliphatic carbocycles. The fourth-order valence-electron chi connectivity index (χ4n) is 3.56. The number of hydrogen-bond acceptors (Lipinski definition) is 5. The Labute approximate surface area is 236 Å². The first-order valence-electron chi connectivity index (χ1n) is 10.9. The Kier molecular flexibility index (Phi) is 8.49. The topological polar surface area (TPSA) is 67.9 Å². The summed E-state index contributed by atoms with van der Waals surface area (Å²) in [6.07, 6.45) is 1.41. The average Bonchev–Trinajstić information content (AvgIpc) is 2.84. The molecule has 3 aromatic rings. The number of hydrogen-bond donors (Lipinski definition) is 1. The van der Waals surface area contributed by atoms with Crippen molar-refractivity contribution < 1.29 is 23.5 Å². The first kappa shape index (κ1) is 27.1. The molecule has 1 fully saturated rings. The van der Waals surface area contributed by atoms with Crippen molar-refractivity contribution in [1.29, 1.82) is 0 Å². The van der Waals surface area contributed by atoms with Crippen LogP contribution in [0.4, 0.5) is 10.1 Å². The highest BCUT2D eigenvalue weighted by molar-refractivity contribution is 9.10. The van der Waals surface area contributed by atoms with Gasteiger partial charge in [-0.2, -0.15) is 0 Å². The summed E-state index contributed by atoms with van der Waals surface area (Å²) in [7, 11) is 0. The Morgan fingerprint density at radius 1 is 1.11 bits per heavy atom. The average molecular weight is 624 g/mol. The number of nitrogens with one attached hydrogen (secondary N) is 1. The second-order valence-electron chi connectivity index (χ2n) is 7.71. The van der Waals surface area contributed by atoms with Crippen molar-refractivity contribution in [2.75, 3.05) is 11.5 Å². The molecule has 4 rings (SSSR count). The zero-order valence-corrected chi connectivity index (χ0v) is 23.1. The molecule has 0 aromatic heterocycles. The number of amides is 2. The lowest BCUT2D eigenvalue weighted by molar-refractivity contribution is -0.122. The first-order chi connectivity index (χ1) is 17.7. The highest BCUT2D eigenvalue weighted by Crippen LogP contribution is 2.39. The number of rotatable bonds is 7. The molecule has 1 saturated heterocycles. The third-order valence-corrected chi connectivity index (χ3v) is 6.87. The van der Waals surface area contributed by atoms with Gasteiger partial charge in [-0.15, -0.1) is 0 Å². The van der Waals surface area contributed by atoms with E-state index >= 15 is 0 Å². The van der Waals surface area contributed by atoms with Gasteiger partial charge in [0.05, 0.1) is 26.8 Å². The SMILES string of the molecule is CCOc1cc(/C=C2\C(=O)NC(=S)N(c3cccc(Cl)c3Cl)C2=O)cc(Br)c1OCc1cccc(F)c1. The largest absolute Gasteiger partial charge is 0.490 e.